The van der Waals surface area contributed by atoms with Crippen LogP contribution in [0.3, 0.4) is 0 Å². The fourth-order valence-corrected chi connectivity index (χ4v) is 15.7. The third kappa shape index (κ3) is 9.40. The minimum absolute atomic E-state index is 0.0140. The Hall–Kier alpha value is -9.36. The van der Waals surface area contributed by atoms with Crippen molar-refractivity contribution in [2.75, 3.05) is 14.7 Å². The van der Waals surface area contributed by atoms with Gasteiger partial charge in [-0.3, -0.25) is 0 Å². The van der Waals surface area contributed by atoms with Gasteiger partial charge < -0.3 is 19.3 Å². The average Bonchev–Trinajstić information content (AvgIpc) is 1.44. The van der Waals surface area contributed by atoms with Crippen molar-refractivity contribution < 1.29 is 0 Å². The molecule has 436 valence electrons. The van der Waals surface area contributed by atoms with Crippen LogP contribution in [-0.4, -0.2) is 11.3 Å². The molecule has 4 nitrogen and oxygen atoms in total. The molecule has 89 heavy (non-hydrogen) atoms. The van der Waals surface area contributed by atoms with E-state index < -0.39 is 0 Å². The van der Waals surface area contributed by atoms with Crippen molar-refractivity contribution in [3.8, 4) is 27.3 Å². The zero-order valence-electron chi connectivity index (χ0n) is 53.3. The number of thiophene rings is 1. The molecule has 0 saturated heterocycles. The first-order valence-corrected chi connectivity index (χ1v) is 32.4. The Morgan fingerprint density at radius 3 is 1.56 bits per heavy atom. The van der Waals surface area contributed by atoms with Gasteiger partial charge in [-0.25, -0.2) is 0 Å². The molecule has 13 aromatic rings. The van der Waals surface area contributed by atoms with Crippen molar-refractivity contribution in [3.63, 3.8) is 0 Å². The molecule has 2 aliphatic heterocycles. The Bertz CT molecular complexity index is 4910. The SMILES string of the molecule is Cc1cc2c3c(c1)N(c1c(C)cc(-c4sc5ccccc5c4-c4ccccc4)cc1C)c1cc(N(c4ccc(C(C)(C)C)cc4)c4ccc5c6ccccc6n(-c6ccccc6)c5c4)ccc1B3c1ccc(C(C)(C)C)cc1N2c1ccc(C(C)(C)C)cc1. The molecule has 0 N–H and O–H groups in total. The molecule has 0 fully saturated rings. The van der Waals surface area contributed by atoms with Gasteiger partial charge in [-0.05, 0) is 201 Å². The number of nitrogens with zero attached hydrogens (tertiary/aromatic N) is 4. The molecule has 0 amide bonds. The first kappa shape index (κ1) is 56.2. The number of benzene rings is 11. The second-order valence-corrected chi connectivity index (χ2v) is 29.1. The van der Waals surface area contributed by atoms with E-state index in [1.807, 2.05) is 11.3 Å². The summed E-state index contributed by atoms with van der Waals surface area (Å²) in [5, 5.41) is 3.75. The summed E-state index contributed by atoms with van der Waals surface area (Å²) in [4.78, 5) is 9.03. The van der Waals surface area contributed by atoms with Gasteiger partial charge in [0.2, 0.25) is 0 Å². The number of fused-ring (bicyclic) bond motifs is 8. The van der Waals surface area contributed by atoms with Crippen molar-refractivity contribution in [1.29, 1.82) is 0 Å². The van der Waals surface area contributed by atoms with E-state index in [2.05, 4.69) is 339 Å². The van der Waals surface area contributed by atoms with E-state index in [0.717, 1.165) is 34.0 Å². The standard InChI is InChI=1S/C83H75BN4S/c1-52-45-74-78-75(46-52)88(79-53(2)47-56(48-54(79)3)80-77(55-23-15-13-16-24-55)67-28-20-22-30-76(67)89-80)73-51-64(41-44-69(73)84(78)68-43-35-59(83(10,11)12)49-72(68)87(74)62-38-33-58(34-39-62)82(7,8)9)85(61-36-31-57(32-37-61)81(4,5)6)63-40-42-66-65-27-19-21-29-70(65)86(71(66)50-63)60-25-17-14-18-26-60/h13-51H,1-12H3. The summed E-state index contributed by atoms with van der Waals surface area (Å²) in [7, 11) is 0. The summed E-state index contributed by atoms with van der Waals surface area (Å²) in [5.41, 5.74) is 29.1. The first-order valence-electron chi connectivity index (χ1n) is 31.6. The van der Waals surface area contributed by atoms with Crippen molar-refractivity contribution in [2.45, 2.75) is 99.3 Å². The highest BCUT2D eigenvalue weighted by Gasteiger charge is 2.45. The van der Waals surface area contributed by atoms with E-state index in [4.69, 9.17) is 0 Å². The highest BCUT2D eigenvalue weighted by atomic mass is 32.1. The monoisotopic (exact) mass is 1170 g/mol. The zero-order valence-corrected chi connectivity index (χ0v) is 54.1. The van der Waals surface area contributed by atoms with Crippen molar-refractivity contribution >= 4 is 118 Å². The number of hydrogen-bond donors (Lipinski definition) is 0. The van der Waals surface area contributed by atoms with Crippen LogP contribution in [0.1, 0.15) is 95.7 Å². The highest BCUT2D eigenvalue weighted by molar-refractivity contribution is 7.23. The summed E-state index contributed by atoms with van der Waals surface area (Å²) < 4.78 is 3.73. The molecule has 0 radical (unpaired) electrons. The fourth-order valence-electron chi connectivity index (χ4n) is 14.4. The van der Waals surface area contributed by atoms with Crippen molar-refractivity contribution in [3.05, 3.63) is 270 Å². The lowest BCUT2D eigenvalue weighted by molar-refractivity contribution is 0.590. The lowest BCUT2D eigenvalue weighted by Crippen LogP contribution is -2.61. The second-order valence-electron chi connectivity index (χ2n) is 28.0. The van der Waals surface area contributed by atoms with Gasteiger partial charge >= 0.3 is 0 Å². The van der Waals surface area contributed by atoms with E-state index in [0.29, 0.717) is 0 Å². The van der Waals surface area contributed by atoms with Crippen LogP contribution in [0.25, 0.3) is 59.1 Å². The maximum absolute atomic E-state index is 2.66. The second kappa shape index (κ2) is 20.9. The Morgan fingerprint density at radius 1 is 0.382 bits per heavy atom. The van der Waals surface area contributed by atoms with Gasteiger partial charge in [0.25, 0.3) is 6.71 Å². The molecule has 0 spiro atoms. The van der Waals surface area contributed by atoms with Crippen LogP contribution < -0.4 is 31.1 Å². The number of hydrogen-bond acceptors (Lipinski definition) is 4. The molecular weight excluding hydrogens is 1100 g/mol. The predicted molar refractivity (Wildman–Crippen MR) is 386 cm³/mol. The smallest absolute Gasteiger partial charge is 0.252 e. The normalized spacial score (nSPS) is 13.1. The maximum atomic E-state index is 2.66. The molecule has 15 rings (SSSR count). The zero-order chi connectivity index (χ0) is 61.4. The van der Waals surface area contributed by atoms with Crippen LogP contribution in [0.5, 0.6) is 0 Å². The summed E-state index contributed by atoms with van der Waals surface area (Å²) in [6, 6.07) is 90.0. The number of para-hydroxylation sites is 2. The maximum Gasteiger partial charge on any atom is 0.252 e. The molecule has 2 aromatic heterocycles. The molecule has 0 atom stereocenters. The van der Waals surface area contributed by atoms with Gasteiger partial charge in [0.1, 0.15) is 0 Å². The van der Waals surface area contributed by atoms with Gasteiger partial charge in [-0.15, -0.1) is 11.3 Å². The Labute approximate surface area is 530 Å². The quantitative estimate of drug-likeness (QED) is 0.141. The predicted octanol–water partition coefficient (Wildman–Crippen LogP) is 21.7. The molecule has 0 bridgehead atoms. The fraction of sp³-hybridized carbons (Fsp3) is 0.181. The number of anilines is 9. The molecule has 0 aliphatic carbocycles. The summed E-state index contributed by atoms with van der Waals surface area (Å²) in [6.45, 7) is 27.7. The molecule has 4 heterocycles. The van der Waals surface area contributed by atoms with E-state index in [1.165, 1.54) is 126 Å². The molecule has 0 saturated carbocycles. The van der Waals surface area contributed by atoms with Gasteiger partial charge in [0.15, 0.2) is 0 Å². The van der Waals surface area contributed by atoms with E-state index in [9.17, 15) is 0 Å². The Morgan fingerprint density at radius 2 is 0.899 bits per heavy atom. The summed E-state index contributed by atoms with van der Waals surface area (Å²) in [6.07, 6.45) is 0. The lowest BCUT2D eigenvalue weighted by Gasteiger charge is -2.45. The summed E-state index contributed by atoms with van der Waals surface area (Å²) in [5.74, 6) is 0. The topological polar surface area (TPSA) is 14.7 Å². The third-order valence-electron chi connectivity index (χ3n) is 18.9. The third-order valence-corrected chi connectivity index (χ3v) is 20.1. The van der Waals surface area contributed by atoms with Gasteiger partial charge in [0, 0.05) is 82.5 Å². The molecular formula is C83H75BN4S. The molecule has 11 aromatic carbocycles. The van der Waals surface area contributed by atoms with E-state index in [-0.39, 0.29) is 23.0 Å². The largest absolute Gasteiger partial charge is 0.311 e. The van der Waals surface area contributed by atoms with Crippen LogP contribution in [-0.2, 0) is 16.2 Å². The Balaban J connectivity index is 1.00. The summed E-state index contributed by atoms with van der Waals surface area (Å²) >= 11 is 1.90. The van der Waals surface area contributed by atoms with Crippen molar-refractivity contribution in [1.82, 2.24) is 4.57 Å². The van der Waals surface area contributed by atoms with Crippen LogP contribution in [0, 0.1) is 20.8 Å². The van der Waals surface area contributed by atoms with Crippen LogP contribution >= 0.6 is 11.3 Å². The van der Waals surface area contributed by atoms with Gasteiger partial charge in [-0.2, -0.15) is 0 Å². The van der Waals surface area contributed by atoms with E-state index in [1.54, 1.807) is 0 Å². The number of aryl methyl sites for hydroxylation is 3. The molecule has 0 unspecified atom stereocenters. The van der Waals surface area contributed by atoms with Crippen LogP contribution in [0.15, 0.2) is 237 Å². The number of aromatic nitrogens is 1. The van der Waals surface area contributed by atoms with Crippen molar-refractivity contribution in [2.24, 2.45) is 0 Å². The molecule has 2 aliphatic rings. The Kier molecular flexibility index (Phi) is 13.2. The number of rotatable bonds is 8. The van der Waals surface area contributed by atoms with Crippen LogP contribution in [0.4, 0.5) is 51.2 Å². The highest BCUT2D eigenvalue weighted by Crippen LogP contribution is 2.52. The van der Waals surface area contributed by atoms with Gasteiger partial charge in [-0.1, -0.05) is 196 Å². The lowest BCUT2D eigenvalue weighted by atomic mass is 9.33. The average molecular weight is 1170 g/mol. The van der Waals surface area contributed by atoms with E-state index >= 15 is 0 Å². The molecule has 6 heteroatoms. The van der Waals surface area contributed by atoms with Crippen LogP contribution in [0.2, 0.25) is 0 Å². The van der Waals surface area contributed by atoms with Gasteiger partial charge in [0.05, 0.1) is 16.7 Å². The first-order chi connectivity index (χ1) is 42.8. The minimum Gasteiger partial charge on any atom is -0.311 e. The minimum atomic E-state index is -0.0725.